The van der Waals surface area contributed by atoms with Crippen molar-refractivity contribution in [3.8, 4) is 0 Å². The van der Waals surface area contributed by atoms with Crippen LogP contribution in [0.4, 0.5) is 13.2 Å². The lowest BCUT2D eigenvalue weighted by molar-refractivity contribution is -0.138. The Morgan fingerprint density at radius 3 is 2.50 bits per heavy atom. The number of hydrogen-bond acceptors (Lipinski definition) is 3. The summed E-state index contributed by atoms with van der Waals surface area (Å²) in [6.45, 7) is -0.115. The quantitative estimate of drug-likeness (QED) is 0.901. The molecular weight excluding hydrogens is 255 g/mol. The van der Waals surface area contributed by atoms with E-state index < -0.39 is 29.4 Å². The van der Waals surface area contributed by atoms with Crippen molar-refractivity contribution in [3.05, 3.63) is 23.7 Å². The summed E-state index contributed by atoms with van der Waals surface area (Å²) < 4.78 is 41.3. The van der Waals surface area contributed by atoms with Crippen LogP contribution in [0.5, 0.6) is 0 Å². The number of nitrogens with zero attached hydrogens (tertiary/aromatic N) is 1. The minimum atomic E-state index is -4.58. The molecule has 0 radical (unpaired) electrons. The molecule has 0 bridgehead atoms. The van der Waals surface area contributed by atoms with E-state index in [1.54, 1.807) is 0 Å². The molecule has 1 aromatic rings. The van der Waals surface area contributed by atoms with Crippen molar-refractivity contribution < 1.29 is 32.3 Å². The molecule has 1 aromatic heterocycles. The Labute approximate surface area is 99.8 Å². The van der Waals surface area contributed by atoms with Gasteiger partial charge in [-0.05, 0) is 0 Å². The normalized spacial score (nSPS) is 11.3. The van der Waals surface area contributed by atoms with Gasteiger partial charge < -0.3 is 14.4 Å². The zero-order valence-electron chi connectivity index (χ0n) is 9.32. The van der Waals surface area contributed by atoms with E-state index in [0.717, 1.165) is 4.90 Å². The summed E-state index contributed by atoms with van der Waals surface area (Å²) in [5.41, 5.74) is -1.06. The fourth-order valence-electron chi connectivity index (χ4n) is 1.15. The van der Waals surface area contributed by atoms with Gasteiger partial charge in [0.15, 0.2) is 5.76 Å². The summed E-state index contributed by atoms with van der Waals surface area (Å²) in [5.74, 6) is -2.38. The monoisotopic (exact) mass is 265 g/mol. The molecule has 18 heavy (non-hydrogen) atoms. The maximum Gasteiger partial charge on any atom is 0.419 e. The van der Waals surface area contributed by atoms with Crippen LogP contribution in [-0.2, 0) is 11.0 Å². The Morgan fingerprint density at radius 1 is 1.44 bits per heavy atom. The van der Waals surface area contributed by atoms with Gasteiger partial charge in [-0.25, -0.2) is 0 Å². The molecule has 1 rings (SSSR count). The summed E-state index contributed by atoms with van der Waals surface area (Å²) >= 11 is 0. The van der Waals surface area contributed by atoms with E-state index in [9.17, 15) is 22.8 Å². The average molecular weight is 265 g/mol. The first kappa shape index (κ1) is 14.1. The summed E-state index contributed by atoms with van der Waals surface area (Å²) in [6.07, 6.45) is -4.44. The lowest BCUT2D eigenvalue weighted by Crippen LogP contribution is -2.28. The van der Waals surface area contributed by atoms with Gasteiger partial charge in [0.2, 0.25) is 0 Å². The van der Waals surface area contributed by atoms with Gasteiger partial charge in [0, 0.05) is 19.7 Å². The zero-order chi connectivity index (χ0) is 13.9. The second-order valence-electron chi connectivity index (χ2n) is 3.57. The van der Waals surface area contributed by atoms with Gasteiger partial charge in [-0.15, -0.1) is 0 Å². The Morgan fingerprint density at radius 2 is 2.06 bits per heavy atom. The van der Waals surface area contributed by atoms with Crippen molar-refractivity contribution in [1.82, 2.24) is 4.90 Å². The number of carboxylic acid groups (broad SMARTS) is 1. The number of carboxylic acids is 1. The molecule has 0 aliphatic rings. The van der Waals surface area contributed by atoms with Gasteiger partial charge in [-0.1, -0.05) is 0 Å². The molecule has 0 aliphatic heterocycles. The van der Waals surface area contributed by atoms with E-state index >= 15 is 0 Å². The first-order valence-electron chi connectivity index (χ1n) is 4.85. The average Bonchev–Trinajstić information content (AvgIpc) is 2.73. The molecule has 0 unspecified atom stereocenters. The first-order valence-corrected chi connectivity index (χ1v) is 4.85. The number of carbonyl (C=O) groups is 2. The topological polar surface area (TPSA) is 70.8 Å². The molecule has 0 spiro atoms. The molecule has 0 atom stereocenters. The molecule has 0 fully saturated rings. The third-order valence-corrected chi connectivity index (χ3v) is 2.15. The molecule has 1 amide bonds. The first-order chi connectivity index (χ1) is 8.21. The number of furan rings is 1. The molecule has 5 nitrogen and oxygen atoms in total. The van der Waals surface area contributed by atoms with Crippen LogP contribution < -0.4 is 0 Å². The number of halogens is 3. The number of rotatable bonds is 4. The highest BCUT2D eigenvalue weighted by Crippen LogP contribution is 2.30. The third kappa shape index (κ3) is 3.51. The maximum atomic E-state index is 12.3. The van der Waals surface area contributed by atoms with Gasteiger partial charge in [-0.2, -0.15) is 13.2 Å². The highest BCUT2D eigenvalue weighted by molar-refractivity contribution is 5.91. The molecular formula is C10H10F3NO4. The Bertz CT molecular complexity index is 452. The van der Waals surface area contributed by atoms with Crippen molar-refractivity contribution >= 4 is 11.9 Å². The molecule has 1 heterocycles. The highest BCUT2D eigenvalue weighted by atomic mass is 19.4. The van der Waals surface area contributed by atoms with Crippen molar-refractivity contribution in [3.63, 3.8) is 0 Å². The molecule has 100 valence electrons. The van der Waals surface area contributed by atoms with Crippen LogP contribution in [0.1, 0.15) is 22.5 Å². The Kier molecular flexibility index (Phi) is 4.00. The van der Waals surface area contributed by atoms with Crippen molar-refractivity contribution in [2.45, 2.75) is 12.6 Å². The lowest BCUT2D eigenvalue weighted by atomic mass is 10.3. The molecule has 8 heteroatoms. The predicted octanol–water partition coefficient (Wildman–Crippen LogP) is 1.85. The summed E-state index contributed by atoms with van der Waals surface area (Å²) in [5, 5.41) is 8.42. The fraction of sp³-hybridized carbons (Fsp3) is 0.400. The maximum absolute atomic E-state index is 12.3. The molecule has 0 saturated carbocycles. The molecule has 0 aromatic carbocycles. The van der Waals surface area contributed by atoms with E-state index in [1.165, 1.54) is 7.05 Å². The summed E-state index contributed by atoms with van der Waals surface area (Å²) in [6, 6.07) is 0.583. The summed E-state index contributed by atoms with van der Waals surface area (Å²) in [7, 11) is 1.28. The molecule has 0 aliphatic carbocycles. The number of hydrogen-bond donors (Lipinski definition) is 1. The Hall–Kier alpha value is -1.99. The van der Waals surface area contributed by atoms with Crippen LogP contribution in [0, 0.1) is 0 Å². The van der Waals surface area contributed by atoms with Crippen LogP contribution >= 0.6 is 0 Å². The fourth-order valence-corrected chi connectivity index (χ4v) is 1.15. The second kappa shape index (κ2) is 5.11. The van der Waals surface area contributed by atoms with Crippen LogP contribution in [0.3, 0.4) is 0 Å². The predicted molar refractivity (Wildman–Crippen MR) is 52.9 cm³/mol. The van der Waals surface area contributed by atoms with Crippen LogP contribution in [0.25, 0.3) is 0 Å². The van der Waals surface area contributed by atoms with Gasteiger partial charge in [0.1, 0.15) is 6.26 Å². The molecule has 0 saturated heterocycles. The van der Waals surface area contributed by atoms with Crippen molar-refractivity contribution in [1.29, 1.82) is 0 Å². The van der Waals surface area contributed by atoms with Gasteiger partial charge >= 0.3 is 12.1 Å². The lowest BCUT2D eigenvalue weighted by Gasteiger charge is -2.13. The standard InChI is InChI=1S/C10H10F3NO4/c1-14(3-2-8(15)16)9(17)7-4-6(5-18-7)10(11,12)13/h4-5H,2-3H2,1H3,(H,15,16). The minimum Gasteiger partial charge on any atom is -0.481 e. The van der Waals surface area contributed by atoms with E-state index in [2.05, 4.69) is 4.42 Å². The highest BCUT2D eigenvalue weighted by Gasteiger charge is 2.33. The van der Waals surface area contributed by atoms with E-state index in [0.29, 0.717) is 12.3 Å². The SMILES string of the molecule is CN(CCC(=O)O)C(=O)c1cc(C(F)(F)F)co1. The number of alkyl halides is 3. The van der Waals surface area contributed by atoms with Crippen LogP contribution in [0.15, 0.2) is 16.7 Å². The van der Waals surface area contributed by atoms with E-state index in [1.807, 2.05) is 0 Å². The number of amides is 1. The van der Waals surface area contributed by atoms with Gasteiger partial charge in [0.25, 0.3) is 5.91 Å². The number of carbonyl (C=O) groups excluding carboxylic acids is 1. The smallest absolute Gasteiger partial charge is 0.419 e. The summed E-state index contributed by atoms with van der Waals surface area (Å²) in [4.78, 5) is 22.8. The minimum absolute atomic E-state index is 0.115. The second-order valence-corrected chi connectivity index (χ2v) is 3.57. The third-order valence-electron chi connectivity index (χ3n) is 2.15. The van der Waals surface area contributed by atoms with Gasteiger partial charge in [0.05, 0.1) is 12.0 Å². The van der Waals surface area contributed by atoms with Crippen LogP contribution in [0.2, 0.25) is 0 Å². The van der Waals surface area contributed by atoms with E-state index in [-0.39, 0.29) is 13.0 Å². The van der Waals surface area contributed by atoms with Crippen LogP contribution in [-0.4, -0.2) is 35.5 Å². The number of aliphatic carboxylic acids is 1. The zero-order valence-corrected chi connectivity index (χ0v) is 9.32. The van der Waals surface area contributed by atoms with Crippen molar-refractivity contribution in [2.75, 3.05) is 13.6 Å². The Balaban J connectivity index is 2.72. The van der Waals surface area contributed by atoms with Gasteiger partial charge in [-0.3, -0.25) is 9.59 Å². The largest absolute Gasteiger partial charge is 0.481 e. The van der Waals surface area contributed by atoms with Crippen molar-refractivity contribution in [2.24, 2.45) is 0 Å². The van der Waals surface area contributed by atoms with E-state index in [4.69, 9.17) is 5.11 Å². The molecule has 1 N–H and O–H groups in total.